The van der Waals surface area contributed by atoms with Gasteiger partial charge >= 0.3 is 6.09 Å². The minimum absolute atomic E-state index is 0.215. The third-order valence-corrected chi connectivity index (χ3v) is 2.66. The number of nitrogen functional groups attached to an aromatic ring is 1. The van der Waals surface area contributed by atoms with E-state index in [2.05, 4.69) is 10.5 Å². The van der Waals surface area contributed by atoms with Crippen molar-refractivity contribution in [2.24, 2.45) is 0 Å². The molecule has 0 aliphatic rings. The number of rotatable bonds is 3. The van der Waals surface area contributed by atoms with Crippen LogP contribution < -0.4 is 15.8 Å². The van der Waals surface area contributed by atoms with Gasteiger partial charge in [0, 0.05) is 11.6 Å². The van der Waals surface area contributed by atoms with E-state index in [1.165, 1.54) is 7.11 Å². The maximum absolute atomic E-state index is 11.9. The van der Waals surface area contributed by atoms with Crippen molar-refractivity contribution < 1.29 is 18.8 Å². The molecule has 1 aromatic heterocycles. The van der Waals surface area contributed by atoms with Gasteiger partial charge in [-0.2, -0.15) is 0 Å². The van der Waals surface area contributed by atoms with Gasteiger partial charge in [-0.05, 0) is 39.0 Å². The lowest BCUT2D eigenvalue weighted by Crippen LogP contribution is -2.27. The second-order valence-electron chi connectivity index (χ2n) is 5.66. The van der Waals surface area contributed by atoms with Gasteiger partial charge in [0.1, 0.15) is 17.0 Å². The van der Waals surface area contributed by atoms with Crippen LogP contribution in [0.4, 0.5) is 16.4 Å². The minimum Gasteiger partial charge on any atom is -0.495 e. The molecule has 0 unspecified atom stereocenters. The fourth-order valence-corrected chi connectivity index (χ4v) is 1.80. The number of anilines is 2. The topological polar surface area (TPSA) is 99.6 Å². The third-order valence-electron chi connectivity index (χ3n) is 2.66. The monoisotopic (exact) mass is 305 g/mol. The number of aromatic nitrogens is 1. The number of hydrogen-bond acceptors (Lipinski definition) is 6. The Kier molecular flexibility index (Phi) is 4.25. The Balaban J connectivity index is 2.27. The van der Waals surface area contributed by atoms with Crippen LogP contribution in [0.5, 0.6) is 5.75 Å². The molecule has 2 rings (SSSR count). The van der Waals surface area contributed by atoms with Crippen molar-refractivity contribution in [1.29, 1.82) is 0 Å². The SMILES string of the molecule is COc1ccc(-c2cc(N)on2)cc1NC(=O)OC(C)(C)C. The Morgan fingerprint density at radius 1 is 1.32 bits per heavy atom. The molecular weight excluding hydrogens is 286 g/mol. The van der Waals surface area contributed by atoms with E-state index in [1.54, 1.807) is 45.0 Å². The van der Waals surface area contributed by atoms with E-state index >= 15 is 0 Å². The van der Waals surface area contributed by atoms with Crippen LogP contribution in [0.15, 0.2) is 28.8 Å². The minimum atomic E-state index is -0.588. The van der Waals surface area contributed by atoms with Gasteiger partial charge in [-0.3, -0.25) is 5.32 Å². The summed E-state index contributed by atoms with van der Waals surface area (Å²) < 4.78 is 15.3. The van der Waals surface area contributed by atoms with E-state index in [9.17, 15) is 4.79 Å². The normalized spacial score (nSPS) is 11.1. The molecule has 0 spiro atoms. The lowest BCUT2D eigenvalue weighted by Gasteiger charge is -2.20. The first kappa shape index (κ1) is 15.7. The van der Waals surface area contributed by atoms with Crippen LogP contribution in [0, 0.1) is 0 Å². The Bertz CT molecular complexity index is 674. The van der Waals surface area contributed by atoms with E-state index in [1.807, 2.05) is 0 Å². The molecule has 0 radical (unpaired) electrons. The molecule has 7 nitrogen and oxygen atoms in total. The first-order valence-corrected chi connectivity index (χ1v) is 6.69. The highest BCUT2D eigenvalue weighted by molar-refractivity contribution is 5.88. The van der Waals surface area contributed by atoms with Gasteiger partial charge in [0.05, 0.1) is 12.8 Å². The summed E-state index contributed by atoms with van der Waals surface area (Å²) in [5.74, 6) is 0.721. The molecule has 0 atom stereocenters. The predicted octanol–water partition coefficient (Wildman–Crippen LogP) is 3.28. The van der Waals surface area contributed by atoms with Gasteiger partial charge in [0.25, 0.3) is 0 Å². The molecule has 0 aliphatic heterocycles. The molecule has 0 saturated carbocycles. The average molecular weight is 305 g/mol. The second-order valence-corrected chi connectivity index (χ2v) is 5.66. The summed E-state index contributed by atoms with van der Waals surface area (Å²) in [5, 5.41) is 6.50. The van der Waals surface area contributed by atoms with Crippen molar-refractivity contribution in [1.82, 2.24) is 5.16 Å². The zero-order chi connectivity index (χ0) is 16.3. The number of nitrogens with two attached hydrogens (primary N) is 1. The maximum atomic E-state index is 11.9. The van der Waals surface area contributed by atoms with Gasteiger partial charge in [0.2, 0.25) is 5.88 Å². The number of carbonyl (C=O) groups is 1. The molecule has 118 valence electrons. The fraction of sp³-hybridized carbons (Fsp3) is 0.333. The number of amides is 1. The molecule has 0 aliphatic carbocycles. The Labute approximate surface area is 128 Å². The maximum Gasteiger partial charge on any atom is 0.412 e. The molecule has 1 amide bonds. The van der Waals surface area contributed by atoms with Crippen LogP contribution >= 0.6 is 0 Å². The summed E-state index contributed by atoms with van der Waals surface area (Å²) in [4.78, 5) is 11.9. The number of hydrogen-bond donors (Lipinski definition) is 2. The van der Waals surface area contributed by atoms with Gasteiger partial charge in [0.15, 0.2) is 0 Å². The smallest absolute Gasteiger partial charge is 0.412 e. The lowest BCUT2D eigenvalue weighted by molar-refractivity contribution is 0.0635. The number of nitrogens with zero attached hydrogens (tertiary/aromatic N) is 1. The van der Waals surface area contributed by atoms with Crippen LogP contribution in [-0.4, -0.2) is 24.0 Å². The van der Waals surface area contributed by atoms with Crippen molar-refractivity contribution in [2.75, 3.05) is 18.2 Å². The van der Waals surface area contributed by atoms with Gasteiger partial charge < -0.3 is 19.7 Å². The number of nitrogens with one attached hydrogen (secondary N) is 1. The zero-order valence-corrected chi connectivity index (χ0v) is 13.0. The van der Waals surface area contributed by atoms with E-state index < -0.39 is 11.7 Å². The number of ether oxygens (including phenoxy) is 2. The first-order valence-electron chi connectivity index (χ1n) is 6.69. The quantitative estimate of drug-likeness (QED) is 0.902. The van der Waals surface area contributed by atoms with Crippen LogP contribution in [-0.2, 0) is 4.74 Å². The van der Waals surface area contributed by atoms with Crippen molar-refractivity contribution in [3.63, 3.8) is 0 Å². The summed E-state index contributed by atoms with van der Waals surface area (Å²) in [6, 6.07) is 6.81. The Morgan fingerprint density at radius 3 is 2.59 bits per heavy atom. The molecule has 22 heavy (non-hydrogen) atoms. The number of benzene rings is 1. The number of methoxy groups -OCH3 is 1. The van der Waals surface area contributed by atoms with E-state index in [4.69, 9.17) is 19.7 Å². The summed E-state index contributed by atoms with van der Waals surface area (Å²) in [6.45, 7) is 5.37. The molecule has 3 N–H and O–H groups in total. The molecule has 1 heterocycles. The molecule has 1 aromatic carbocycles. The van der Waals surface area contributed by atoms with Crippen LogP contribution in [0.1, 0.15) is 20.8 Å². The number of carbonyl (C=O) groups excluding carboxylic acids is 1. The highest BCUT2D eigenvalue weighted by Gasteiger charge is 2.18. The molecular formula is C15H19N3O4. The summed E-state index contributed by atoms with van der Waals surface area (Å²) >= 11 is 0. The molecule has 0 fully saturated rings. The summed E-state index contributed by atoms with van der Waals surface area (Å²) in [6.07, 6.45) is -0.567. The molecule has 0 saturated heterocycles. The van der Waals surface area contributed by atoms with Crippen molar-refractivity contribution in [3.05, 3.63) is 24.3 Å². The van der Waals surface area contributed by atoms with Crippen LogP contribution in [0.3, 0.4) is 0 Å². The average Bonchev–Trinajstić information content (AvgIpc) is 2.83. The fourth-order valence-electron chi connectivity index (χ4n) is 1.80. The Morgan fingerprint density at radius 2 is 2.05 bits per heavy atom. The van der Waals surface area contributed by atoms with Crippen LogP contribution in [0.25, 0.3) is 11.3 Å². The van der Waals surface area contributed by atoms with Crippen molar-refractivity contribution >= 4 is 17.7 Å². The molecule has 0 bridgehead atoms. The van der Waals surface area contributed by atoms with Gasteiger partial charge in [-0.1, -0.05) is 5.16 Å². The van der Waals surface area contributed by atoms with Gasteiger partial charge in [-0.15, -0.1) is 0 Å². The third kappa shape index (κ3) is 3.91. The van der Waals surface area contributed by atoms with Crippen LogP contribution in [0.2, 0.25) is 0 Å². The van der Waals surface area contributed by atoms with E-state index in [0.29, 0.717) is 17.1 Å². The second kappa shape index (κ2) is 5.97. The van der Waals surface area contributed by atoms with E-state index in [0.717, 1.165) is 5.56 Å². The first-order chi connectivity index (χ1) is 10.3. The van der Waals surface area contributed by atoms with Crippen molar-refractivity contribution in [3.8, 4) is 17.0 Å². The van der Waals surface area contributed by atoms with Gasteiger partial charge in [-0.25, -0.2) is 4.79 Å². The van der Waals surface area contributed by atoms with E-state index in [-0.39, 0.29) is 5.88 Å². The zero-order valence-electron chi connectivity index (χ0n) is 13.0. The van der Waals surface area contributed by atoms with Crippen molar-refractivity contribution in [2.45, 2.75) is 26.4 Å². The molecule has 2 aromatic rings. The lowest BCUT2D eigenvalue weighted by atomic mass is 10.1. The summed E-state index contributed by atoms with van der Waals surface area (Å²) in [7, 11) is 1.52. The standard InChI is InChI=1S/C15H19N3O4/c1-15(2,3)21-14(19)17-11-7-9(5-6-12(11)20-4)10-8-13(16)22-18-10/h5-8H,16H2,1-4H3,(H,17,19). The highest BCUT2D eigenvalue weighted by atomic mass is 16.6. The summed E-state index contributed by atoms with van der Waals surface area (Å²) in [5.41, 5.74) is 6.69. The highest BCUT2D eigenvalue weighted by Crippen LogP contribution is 2.31. The predicted molar refractivity (Wildman–Crippen MR) is 82.8 cm³/mol. The largest absolute Gasteiger partial charge is 0.495 e. The Hall–Kier alpha value is -2.70. The molecule has 7 heteroatoms.